The SMILES string of the molecule is Cc1ccccc1-c1ccc(N(c2ccc(-c3ccc(-c4ccc(N(c5ccc(-c6ccccc6)cc5)c5cccc(Oc6ccccc6)c5)cc4)cc3)cc2)c2cccc(Oc3ccccc3)c2)cc1. The Morgan fingerprint density at radius 1 is 0.225 bits per heavy atom. The highest BCUT2D eigenvalue weighted by Gasteiger charge is 2.17. The molecule has 0 aliphatic rings. The summed E-state index contributed by atoms with van der Waals surface area (Å²) in [5.74, 6) is 3.13. The van der Waals surface area contributed by atoms with Crippen LogP contribution in [-0.4, -0.2) is 0 Å². The van der Waals surface area contributed by atoms with Gasteiger partial charge in [0.05, 0.1) is 0 Å². The van der Waals surface area contributed by atoms with Crippen molar-refractivity contribution in [1.29, 1.82) is 0 Å². The highest BCUT2D eigenvalue weighted by atomic mass is 16.5. The Balaban J connectivity index is 0.859. The highest BCUT2D eigenvalue weighted by molar-refractivity contribution is 5.83. The van der Waals surface area contributed by atoms with Crippen LogP contribution in [0.2, 0.25) is 0 Å². The van der Waals surface area contributed by atoms with Gasteiger partial charge in [0.25, 0.3) is 0 Å². The molecular formula is C67H50N2O2. The molecule has 0 saturated carbocycles. The number of nitrogens with zero attached hydrogens (tertiary/aromatic N) is 2. The summed E-state index contributed by atoms with van der Waals surface area (Å²) in [6.07, 6.45) is 0. The third-order valence-corrected chi connectivity index (χ3v) is 12.7. The van der Waals surface area contributed by atoms with Gasteiger partial charge >= 0.3 is 0 Å². The van der Waals surface area contributed by atoms with E-state index < -0.39 is 0 Å². The Hall–Kier alpha value is -9.38. The van der Waals surface area contributed by atoms with Crippen LogP contribution in [0.4, 0.5) is 34.1 Å². The number of anilines is 6. The van der Waals surface area contributed by atoms with E-state index in [4.69, 9.17) is 9.47 Å². The maximum Gasteiger partial charge on any atom is 0.129 e. The van der Waals surface area contributed by atoms with Crippen molar-refractivity contribution in [1.82, 2.24) is 0 Å². The van der Waals surface area contributed by atoms with Crippen LogP contribution in [0.3, 0.4) is 0 Å². The van der Waals surface area contributed by atoms with Crippen molar-refractivity contribution in [2.24, 2.45) is 0 Å². The summed E-state index contributed by atoms with van der Waals surface area (Å²) in [6.45, 7) is 2.16. The molecule has 0 atom stereocenters. The first-order valence-electron chi connectivity index (χ1n) is 24.0. The van der Waals surface area contributed by atoms with Crippen LogP contribution in [0.25, 0.3) is 44.5 Å². The Labute approximate surface area is 416 Å². The van der Waals surface area contributed by atoms with Gasteiger partial charge in [0.1, 0.15) is 23.0 Å². The lowest BCUT2D eigenvalue weighted by Gasteiger charge is -2.26. The molecule has 11 rings (SSSR count). The number of hydrogen-bond donors (Lipinski definition) is 0. The minimum atomic E-state index is 0.770. The maximum atomic E-state index is 6.31. The van der Waals surface area contributed by atoms with E-state index in [2.05, 4.69) is 211 Å². The summed E-state index contributed by atoms with van der Waals surface area (Å²) in [4.78, 5) is 4.56. The van der Waals surface area contributed by atoms with Crippen molar-refractivity contribution < 1.29 is 9.47 Å². The molecule has 0 aliphatic carbocycles. The molecule has 0 aliphatic heterocycles. The molecular weight excluding hydrogens is 865 g/mol. The summed E-state index contributed by atoms with van der Waals surface area (Å²) >= 11 is 0. The fourth-order valence-electron chi connectivity index (χ4n) is 9.10. The van der Waals surface area contributed by atoms with Crippen LogP contribution in [0.15, 0.2) is 285 Å². The van der Waals surface area contributed by atoms with Crippen molar-refractivity contribution in [3.63, 3.8) is 0 Å². The molecule has 0 bridgehead atoms. The zero-order valence-electron chi connectivity index (χ0n) is 39.3. The topological polar surface area (TPSA) is 24.9 Å². The first-order chi connectivity index (χ1) is 35.1. The highest BCUT2D eigenvalue weighted by Crippen LogP contribution is 2.41. The van der Waals surface area contributed by atoms with Crippen molar-refractivity contribution in [2.75, 3.05) is 9.80 Å². The Kier molecular flexibility index (Phi) is 12.7. The van der Waals surface area contributed by atoms with Gasteiger partial charge in [-0.3, -0.25) is 0 Å². The predicted molar refractivity (Wildman–Crippen MR) is 295 cm³/mol. The number of rotatable bonds is 14. The summed E-state index contributed by atoms with van der Waals surface area (Å²) in [5, 5.41) is 0. The van der Waals surface area contributed by atoms with E-state index in [0.717, 1.165) is 79.4 Å². The zero-order valence-corrected chi connectivity index (χ0v) is 39.3. The van der Waals surface area contributed by atoms with Gasteiger partial charge in [-0.15, -0.1) is 0 Å². The largest absolute Gasteiger partial charge is 0.457 e. The minimum absolute atomic E-state index is 0.770. The molecule has 11 aromatic rings. The van der Waals surface area contributed by atoms with E-state index in [-0.39, 0.29) is 0 Å². The molecule has 11 aromatic carbocycles. The normalized spacial score (nSPS) is 10.9. The molecule has 0 saturated heterocycles. The average molecular weight is 915 g/mol. The lowest BCUT2D eigenvalue weighted by Crippen LogP contribution is -2.10. The minimum Gasteiger partial charge on any atom is -0.457 e. The van der Waals surface area contributed by atoms with E-state index in [9.17, 15) is 0 Å². The summed E-state index contributed by atoms with van der Waals surface area (Å²) in [6, 6.07) is 99.4. The van der Waals surface area contributed by atoms with E-state index in [1.165, 1.54) is 27.8 Å². The molecule has 4 nitrogen and oxygen atoms in total. The Bertz CT molecular complexity index is 3490. The van der Waals surface area contributed by atoms with Crippen molar-refractivity contribution in [3.8, 4) is 67.5 Å². The molecule has 0 spiro atoms. The second-order valence-corrected chi connectivity index (χ2v) is 17.4. The van der Waals surface area contributed by atoms with Gasteiger partial charge in [0, 0.05) is 46.3 Å². The van der Waals surface area contributed by atoms with Crippen molar-refractivity contribution >= 4 is 34.1 Å². The first kappa shape index (κ1) is 44.1. The van der Waals surface area contributed by atoms with E-state index in [0.29, 0.717) is 0 Å². The fraction of sp³-hybridized carbons (Fsp3) is 0.0149. The maximum absolute atomic E-state index is 6.31. The Morgan fingerprint density at radius 3 is 0.901 bits per heavy atom. The molecule has 0 amide bonds. The van der Waals surface area contributed by atoms with Crippen LogP contribution >= 0.6 is 0 Å². The van der Waals surface area contributed by atoms with Gasteiger partial charge in [-0.1, -0.05) is 176 Å². The smallest absolute Gasteiger partial charge is 0.129 e. The summed E-state index contributed by atoms with van der Waals surface area (Å²) in [7, 11) is 0. The third kappa shape index (κ3) is 10.1. The van der Waals surface area contributed by atoms with Gasteiger partial charge in [0.2, 0.25) is 0 Å². The fourth-order valence-corrected chi connectivity index (χ4v) is 9.10. The molecule has 4 heteroatoms. The molecule has 0 fully saturated rings. The summed E-state index contributed by atoms with van der Waals surface area (Å²) < 4.78 is 12.6. The molecule has 0 radical (unpaired) electrons. The number of benzene rings is 11. The molecule has 0 N–H and O–H groups in total. The van der Waals surface area contributed by atoms with Crippen molar-refractivity contribution in [2.45, 2.75) is 6.92 Å². The molecule has 0 aromatic heterocycles. The quantitative estimate of drug-likeness (QED) is 0.109. The molecule has 0 heterocycles. The van der Waals surface area contributed by atoms with Crippen LogP contribution < -0.4 is 19.3 Å². The van der Waals surface area contributed by atoms with Gasteiger partial charge in [0.15, 0.2) is 0 Å². The number of para-hydroxylation sites is 2. The van der Waals surface area contributed by atoms with Crippen LogP contribution in [0.1, 0.15) is 5.56 Å². The zero-order chi connectivity index (χ0) is 47.8. The van der Waals surface area contributed by atoms with Crippen molar-refractivity contribution in [3.05, 3.63) is 291 Å². The second-order valence-electron chi connectivity index (χ2n) is 17.4. The van der Waals surface area contributed by atoms with Crippen LogP contribution in [0.5, 0.6) is 23.0 Å². The number of aryl methyl sites for hydroxylation is 1. The standard InChI is InChI=1S/C67H50N2O2/c1-49-15-11-12-26-67(49)56-37-45-60(46-38-56)69(62-19-14-25-66(48-62)71-64-22-9-4-10-23-64)59-43-35-55(36-44-59)52-29-27-51(28-30-52)54-33-41-58(42-34-54)68(57-39-31-53(32-40-57)50-16-5-2-6-17-50)61-18-13-24-65(47-61)70-63-20-7-3-8-21-63/h2-48H,1H3. The van der Waals surface area contributed by atoms with Crippen LogP contribution in [-0.2, 0) is 0 Å². The first-order valence-corrected chi connectivity index (χ1v) is 24.0. The van der Waals surface area contributed by atoms with Gasteiger partial charge < -0.3 is 19.3 Å². The average Bonchev–Trinajstić information content (AvgIpc) is 3.43. The lowest BCUT2D eigenvalue weighted by molar-refractivity contribution is 0.482. The second kappa shape index (κ2) is 20.5. The van der Waals surface area contributed by atoms with Gasteiger partial charge in [-0.05, 0) is 154 Å². The summed E-state index contributed by atoms with van der Waals surface area (Å²) in [5.41, 5.74) is 16.8. The molecule has 71 heavy (non-hydrogen) atoms. The predicted octanol–water partition coefficient (Wildman–Crippen LogP) is 19.2. The van der Waals surface area contributed by atoms with E-state index >= 15 is 0 Å². The number of ether oxygens (including phenoxy) is 2. The van der Waals surface area contributed by atoms with Gasteiger partial charge in [-0.25, -0.2) is 0 Å². The lowest BCUT2D eigenvalue weighted by atomic mass is 9.99. The third-order valence-electron chi connectivity index (χ3n) is 12.7. The van der Waals surface area contributed by atoms with Crippen LogP contribution in [0, 0.1) is 6.92 Å². The molecule has 0 unspecified atom stereocenters. The van der Waals surface area contributed by atoms with Gasteiger partial charge in [-0.2, -0.15) is 0 Å². The Morgan fingerprint density at radius 2 is 0.521 bits per heavy atom. The van der Waals surface area contributed by atoms with E-state index in [1.54, 1.807) is 0 Å². The van der Waals surface area contributed by atoms with E-state index in [1.807, 2.05) is 91.0 Å². The molecule has 340 valence electrons. The number of hydrogen-bond acceptors (Lipinski definition) is 4. The monoisotopic (exact) mass is 914 g/mol.